The molecule has 166 valence electrons. The summed E-state index contributed by atoms with van der Waals surface area (Å²) in [4.78, 5) is 24.7. The minimum atomic E-state index is -1.10. The summed E-state index contributed by atoms with van der Waals surface area (Å²) in [6, 6.07) is 20.8. The van der Waals surface area contributed by atoms with Crippen LogP contribution >= 0.6 is 23.2 Å². The minimum absolute atomic E-state index is 0.0639. The Hall–Kier alpha value is -3.02. The number of nitrogens with one attached hydrogen (secondary N) is 1. The first-order chi connectivity index (χ1) is 15.4. The van der Waals surface area contributed by atoms with Crippen LogP contribution in [0.2, 0.25) is 10.0 Å². The maximum atomic E-state index is 12.9. The van der Waals surface area contributed by atoms with Gasteiger partial charge in [-0.2, -0.15) is 0 Å². The Morgan fingerprint density at radius 3 is 2.22 bits per heavy atom. The lowest BCUT2D eigenvalue weighted by Crippen LogP contribution is -2.42. The lowest BCUT2D eigenvalue weighted by Gasteiger charge is -2.20. The highest BCUT2D eigenvalue weighted by Crippen LogP contribution is 2.32. The van der Waals surface area contributed by atoms with Crippen LogP contribution < -0.4 is 10.1 Å². The fraction of sp³-hybridized carbons (Fsp3) is 0.200. The molecule has 1 amide bonds. The number of ether oxygens (including phenoxy) is 1. The number of hydrogen-bond donors (Lipinski definition) is 2. The number of methoxy groups -OCH3 is 1. The minimum Gasteiger partial charge on any atom is -0.497 e. The van der Waals surface area contributed by atoms with Gasteiger partial charge in [0.1, 0.15) is 11.8 Å². The normalized spacial score (nSPS) is 12.6. The molecule has 0 saturated heterocycles. The van der Waals surface area contributed by atoms with Crippen molar-refractivity contribution in [3.8, 4) is 5.75 Å². The third-order valence-corrected chi connectivity index (χ3v) is 5.91. The molecule has 0 saturated carbocycles. The molecule has 2 N–H and O–H groups in total. The van der Waals surface area contributed by atoms with Gasteiger partial charge in [-0.1, -0.05) is 71.7 Å². The highest BCUT2D eigenvalue weighted by Gasteiger charge is 2.24. The van der Waals surface area contributed by atoms with Crippen LogP contribution in [0.15, 0.2) is 72.8 Å². The predicted molar refractivity (Wildman–Crippen MR) is 126 cm³/mol. The summed E-state index contributed by atoms with van der Waals surface area (Å²) in [7, 11) is 1.56. The van der Waals surface area contributed by atoms with Gasteiger partial charge in [-0.15, -0.1) is 0 Å². The van der Waals surface area contributed by atoms with Crippen molar-refractivity contribution in [3.05, 3.63) is 99.5 Å². The van der Waals surface area contributed by atoms with Crippen LogP contribution in [0.4, 0.5) is 0 Å². The van der Waals surface area contributed by atoms with Crippen molar-refractivity contribution in [2.24, 2.45) is 0 Å². The van der Waals surface area contributed by atoms with Crippen molar-refractivity contribution in [2.45, 2.75) is 24.8 Å². The SMILES string of the molecule is COc1ccc(CC(NC(=O)CC(c2ccccc2)c2ccc(Cl)c(Cl)c2)C(=O)O)cc1. The quantitative estimate of drug-likeness (QED) is 0.441. The molecule has 3 aromatic rings. The lowest BCUT2D eigenvalue weighted by molar-refractivity contribution is -0.141. The molecule has 2 unspecified atom stereocenters. The van der Waals surface area contributed by atoms with Gasteiger partial charge in [-0.25, -0.2) is 4.79 Å². The molecular formula is C25H23Cl2NO4. The van der Waals surface area contributed by atoms with Crippen molar-refractivity contribution in [2.75, 3.05) is 7.11 Å². The second kappa shape index (κ2) is 11.0. The molecule has 0 fully saturated rings. The van der Waals surface area contributed by atoms with Crippen molar-refractivity contribution in [1.29, 1.82) is 0 Å². The van der Waals surface area contributed by atoms with Gasteiger partial charge in [-0.3, -0.25) is 4.79 Å². The van der Waals surface area contributed by atoms with Crippen LogP contribution in [0, 0.1) is 0 Å². The highest BCUT2D eigenvalue weighted by atomic mass is 35.5. The van der Waals surface area contributed by atoms with E-state index in [9.17, 15) is 14.7 Å². The van der Waals surface area contributed by atoms with Crippen molar-refractivity contribution in [1.82, 2.24) is 5.32 Å². The predicted octanol–water partition coefficient (Wildman–Crippen LogP) is 5.34. The van der Waals surface area contributed by atoms with Crippen molar-refractivity contribution >= 4 is 35.1 Å². The molecule has 0 radical (unpaired) electrons. The molecule has 3 aromatic carbocycles. The summed E-state index contributed by atoms with van der Waals surface area (Å²) < 4.78 is 5.13. The average Bonchev–Trinajstić information content (AvgIpc) is 2.80. The molecule has 32 heavy (non-hydrogen) atoms. The average molecular weight is 472 g/mol. The maximum Gasteiger partial charge on any atom is 0.326 e. The van der Waals surface area contributed by atoms with E-state index in [1.165, 1.54) is 0 Å². The van der Waals surface area contributed by atoms with Gasteiger partial charge >= 0.3 is 5.97 Å². The molecule has 5 nitrogen and oxygen atoms in total. The lowest BCUT2D eigenvalue weighted by atomic mass is 9.88. The number of rotatable bonds is 9. The zero-order chi connectivity index (χ0) is 23.1. The second-order valence-electron chi connectivity index (χ2n) is 7.35. The van der Waals surface area contributed by atoms with E-state index in [1.807, 2.05) is 36.4 Å². The fourth-order valence-electron chi connectivity index (χ4n) is 3.48. The Balaban J connectivity index is 1.78. The van der Waals surface area contributed by atoms with Gasteiger partial charge in [0, 0.05) is 18.8 Å². The summed E-state index contributed by atoms with van der Waals surface area (Å²) in [5, 5.41) is 13.1. The third kappa shape index (κ3) is 6.25. The molecule has 0 bridgehead atoms. The molecule has 0 heterocycles. The molecule has 7 heteroatoms. The topological polar surface area (TPSA) is 75.6 Å². The van der Waals surface area contributed by atoms with Crippen LogP contribution in [0.25, 0.3) is 0 Å². The summed E-state index contributed by atoms with van der Waals surface area (Å²) >= 11 is 12.3. The third-order valence-electron chi connectivity index (χ3n) is 5.17. The van der Waals surface area contributed by atoms with Crippen LogP contribution in [0.3, 0.4) is 0 Å². The number of halogens is 2. The Morgan fingerprint density at radius 1 is 0.938 bits per heavy atom. The molecule has 0 aliphatic heterocycles. The zero-order valence-corrected chi connectivity index (χ0v) is 18.9. The number of carbonyl (C=O) groups is 2. The summed E-state index contributed by atoms with van der Waals surface area (Å²) in [5.41, 5.74) is 2.52. The van der Waals surface area contributed by atoms with E-state index in [1.54, 1.807) is 43.5 Å². The highest BCUT2D eigenvalue weighted by molar-refractivity contribution is 6.42. The number of carboxylic acids is 1. The molecule has 0 aliphatic rings. The number of aliphatic carboxylic acids is 1. The first kappa shape index (κ1) is 23.6. The Kier molecular flexibility index (Phi) is 8.14. The Labute approximate surface area is 196 Å². The first-order valence-electron chi connectivity index (χ1n) is 10.0. The second-order valence-corrected chi connectivity index (χ2v) is 8.17. The molecule has 0 spiro atoms. The smallest absolute Gasteiger partial charge is 0.326 e. The maximum absolute atomic E-state index is 12.9. The van der Waals surface area contributed by atoms with E-state index < -0.39 is 12.0 Å². The summed E-state index contributed by atoms with van der Waals surface area (Å²) in [5.74, 6) is -1.09. The summed E-state index contributed by atoms with van der Waals surface area (Å²) in [6.07, 6.45) is 0.224. The van der Waals surface area contributed by atoms with E-state index in [0.29, 0.717) is 15.8 Å². The van der Waals surface area contributed by atoms with Gasteiger partial charge in [0.2, 0.25) is 5.91 Å². The van der Waals surface area contributed by atoms with E-state index in [2.05, 4.69) is 5.32 Å². The largest absolute Gasteiger partial charge is 0.497 e. The van der Waals surface area contributed by atoms with Crippen molar-refractivity contribution in [3.63, 3.8) is 0 Å². The van der Waals surface area contributed by atoms with E-state index in [4.69, 9.17) is 27.9 Å². The number of hydrogen-bond acceptors (Lipinski definition) is 3. The van der Waals surface area contributed by atoms with Gasteiger partial charge in [0.05, 0.1) is 17.2 Å². The zero-order valence-electron chi connectivity index (χ0n) is 17.4. The Morgan fingerprint density at radius 2 is 1.62 bits per heavy atom. The molecular weight excluding hydrogens is 449 g/mol. The molecule has 2 atom stereocenters. The number of benzene rings is 3. The monoisotopic (exact) mass is 471 g/mol. The standard InChI is InChI=1S/C25H23Cl2NO4/c1-32-19-10-7-16(8-11-19)13-23(25(30)31)28-24(29)15-20(17-5-3-2-4-6-17)18-9-12-21(26)22(27)14-18/h2-12,14,20,23H,13,15H2,1H3,(H,28,29)(H,30,31). The van der Waals surface area contributed by atoms with Crippen LogP contribution in [-0.2, 0) is 16.0 Å². The van der Waals surface area contributed by atoms with E-state index in [-0.39, 0.29) is 24.7 Å². The Bertz CT molecular complexity index is 1070. The molecule has 3 rings (SSSR count). The van der Waals surface area contributed by atoms with Crippen LogP contribution in [0.5, 0.6) is 5.75 Å². The number of carboxylic acid groups (broad SMARTS) is 1. The van der Waals surface area contributed by atoms with Gasteiger partial charge in [0.25, 0.3) is 0 Å². The molecule has 0 aliphatic carbocycles. The van der Waals surface area contributed by atoms with Gasteiger partial charge in [0.15, 0.2) is 0 Å². The number of carbonyl (C=O) groups excluding carboxylic acids is 1. The van der Waals surface area contributed by atoms with E-state index in [0.717, 1.165) is 16.7 Å². The van der Waals surface area contributed by atoms with Crippen molar-refractivity contribution < 1.29 is 19.4 Å². The molecule has 0 aromatic heterocycles. The van der Waals surface area contributed by atoms with Gasteiger partial charge < -0.3 is 15.2 Å². The van der Waals surface area contributed by atoms with Crippen LogP contribution in [0.1, 0.15) is 29.0 Å². The van der Waals surface area contributed by atoms with E-state index >= 15 is 0 Å². The van der Waals surface area contributed by atoms with Gasteiger partial charge in [-0.05, 0) is 41.0 Å². The number of amides is 1. The fourth-order valence-corrected chi connectivity index (χ4v) is 3.79. The first-order valence-corrected chi connectivity index (χ1v) is 10.8. The van der Waals surface area contributed by atoms with Crippen LogP contribution in [-0.4, -0.2) is 30.1 Å². The summed E-state index contributed by atoms with van der Waals surface area (Å²) in [6.45, 7) is 0.